The molecule has 0 fully saturated rings. The van der Waals surface area contributed by atoms with E-state index in [1.807, 2.05) is 27.7 Å². The van der Waals surface area contributed by atoms with Crippen LogP contribution in [-0.2, 0) is 9.47 Å². The second-order valence-corrected chi connectivity index (χ2v) is 18.6. The van der Waals surface area contributed by atoms with E-state index in [0.717, 1.165) is 26.4 Å². The predicted molar refractivity (Wildman–Crippen MR) is 342 cm³/mol. The minimum absolute atomic E-state index is 0.844. The maximum Gasteiger partial charge on any atom is 0.0437 e. The van der Waals surface area contributed by atoms with Gasteiger partial charge in [0.25, 0.3) is 0 Å². The van der Waals surface area contributed by atoms with Gasteiger partial charge in [0.05, 0.1) is 0 Å². The van der Waals surface area contributed by atoms with Crippen LogP contribution in [0.1, 0.15) is 423 Å². The third kappa shape index (κ3) is 264. The molecular weight excluding hydrogens is 849 g/mol. The molecule has 0 rings (SSSR count). The maximum absolute atomic E-state index is 4.83. The van der Waals surface area contributed by atoms with E-state index in [1.54, 1.807) is 0 Å². The molecule has 0 aromatic carbocycles. The minimum atomic E-state index is 0.844. The van der Waals surface area contributed by atoms with Crippen molar-refractivity contribution >= 4 is 0 Å². The van der Waals surface area contributed by atoms with Crippen LogP contribution in [0, 0.1) is 0 Å². The van der Waals surface area contributed by atoms with Gasteiger partial charge in [-0.1, -0.05) is 395 Å². The molecule has 444 valence electrons. The SMILES string of the molecule is CCCCCC.CCCCCC.CCCCCC.CCCCCC.CCCCCC.CCCCCC.CCCCCC.CCCCCC.CCCCCC.CCCCCC.CCOCC.CCOCC. The van der Waals surface area contributed by atoms with E-state index in [-0.39, 0.29) is 0 Å². The van der Waals surface area contributed by atoms with Crippen LogP contribution < -0.4 is 0 Å². The van der Waals surface area contributed by atoms with Crippen molar-refractivity contribution in [2.45, 2.75) is 423 Å². The summed E-state index contributed by atoms with van der Waals surface area (Å²) in [5.41, 5.74) is 0. The highest BCUT2D eigenvalue weighted by Crippen LogP contribution is 2.00. The van der Waals surface area contributed by atoms with Crippen molar-refractivity contribution in [2.24, 2.45) is 0 Å². The number of ether oxygens (including phenoxy) is 2. The summed E-state index contributed by atoms with van der Waals surface area (Å²) in [4.78, 5) is 0. The van der Waals surface area contributed by atoms with E-state index in [9.17, 15) is 0 Å². The average Bonchev–Trinajstić information content (AvgIpc) is 3.39. The fourth-order valence-corrected chi connectivity index (χ4v) is 5.41. The molecule has 0 aliphatic carbocycles. The van der Waals surface area contributed by atoms with Gasteiger partial charge in [0.2, 0.25) is 0 Å². The van der Waals surface area contributed by atoms with Crippen LogP contribution in [-0.4, -0.2) is 26.4 Å². The molecule has 0 aliphatic rings. The van der Waals surface area contributed by atoms with Gasteiger partial charge in [0, 0.05) is 26.4 Å². The predicted octanol–water partition coefficient (Wildman–Crippen LogP) is 28.0. The van der Waals surface area contributed by atoms with E-state index >= 15 is 0 Å². The first-order valence-electron chi connectivity index (χ1n) is 33.1. The van der Waals surface area contributed by atoms with Crippen LogP contribution >= 0.6 is 0 Å². The first-order chi connectivity index (χ1) is 34.0. The molecule has 70 heavy (non-hydrogen) atoms. The van der Waals surface area contributed by atoms with Gasteiger partial charge in [-0.15, -0.1) is 0 Å². The van der Waals surface area contributed by atoms with Crippen molar-refractivity contribution in [3.8, 4) is 0 Å². The first-order valence-corrected chi connectivity index (χ1v) is 33.1. The minimum Gasteiger partial charge on any atom is -0.382 e. The third-order valence-corrected chi connectivity index (χ3v) is 10.4. The summed E-state index contributed by atoms with van der Waals surface area (Å²) >= 11 is 0. The Bertz CT molecular complexity index is 338. The standard InChI is InChI=1S/10C6H14.2C4H10O/c10*1-3-5-6-4-2;2*1-3-5-4-2/h10*3-6H2,1-2H3;2*3-4H2,1-2H3. The zero-order valence-corrected chi connectivity index (χ0v) is 55.9. The highest BCUT2D eigenvalue weighted by Gasteiger charge is 1.80. The average molecular weight is 1010 g/mol. The lowest BCUT2D eigenvalue weighted by molar-refractivity contribution is 0.162. The number of hydrogen-bond donors (Lipinski definition) is 0. The Morgan fingerprint density at radius 2 is 0.171 bits per heavy atom. The van der Waals surface area contributed by atoms with Crippen LogP contribution in [0.2, 0.25) is 0 Å². The molecule has 0 atom stereocenters. The Labute approximate surface area is 456 Å². The first kappa shape index (κ1) is 99.0. The molecule has 0 radical (unpaired) electrons. The smallest absolute Gasteiger partial charge is 0.0437 e. The fourth-order valence-electron chi connectivity index (χ4n) is 5.41. The van der Waals surface area contributed by atoms with Crippen molar-refractivity contribution in [1.82, 2.24) is 0 Å². The highest BCUT2D eigenvalue weighted by atomic mass is 16.5. The van der Waals surface area contributed by atoms with E-state index < -0.39 is 0 Å². The third-order valence-electron chi connectivity index (χ3n) is 10.4. The highest BCUT2D eigenvalue weighted by molar-refractivity contribution is 4.36. The lowest BCUT2D eigenvalue weighted by atomic mass is 10.2. The fraction of sp³-hybridized carbons (Fsp3) is 1.00. The second-order valence-electron chi connectivity index (χ2n) is 18.6. The Balaban J connectivity index is -0.0000000525. The Morgan fingerprint density at radius 3 is 0.186 bits per heavy atom. The molecule has 0 bridgehead atoms. The molecule has 0 saturated heterocycles. The van der Waals surface area contributed by atoms with Crippen molar-refractivity contribution in [1.29, 1.82) is 0 Å². The summed E-state index contributed by atoms with van der Waals surface area (Å²) in [6.45, 7) is 56.0. The monoisotopic (exact) mass is 1010 g/mol. The van der Waals surface area contributed by atoms with Crippen LogP contribution in [0.5, 0.6) is 0 Å². The van der Waals surface area contributed by atoms with Crippen LogP contribution in [0.25, 0.3) is 0 Å². The molecule has 0 saturated carbocycles. The molecule has 0 aromatic heterocycles. The summed E-state index contributed by atoms with van der Waals surface area (Å²) in [6, 6.07) is 0. The molecule has 0 aliphatic heterocycles. The molecule has 0 unspecified atom stereocenters. The van der Waals surface area contributed by atoms with Gasteiger partial charge in [-0.25, -0.2) is 0 Å². The maximum atomic E-state index is 4.83. The number of hydrogen-bond acceptors (Lipinski definition) is 2. The van der Waals surface area contributed by atoms with Gasteiger partial charge in [0.1, 0.15) is 0 Å². The van der Waals surface area contributed by atoms with Crippen molar-refractivity contribution in [3.63, 3.8) is 0 Å². The molecule has 0 aromatic rings. The molecular formula is C68H160O2. The van der Waals surface area contributed by atoms with Crippen LogP contribution in [0.3, 0.4) is 0 Å². The lowest BCUT2D eigenvalue weighted by Gasteiger charge is -1.86. The summed E-state index contributed by atoms with van der Waals surface area (Å²) < 4.78 is 9.67. The largest absolute Gasteiger partial charge is 0.382 e. The van der Waals surface area contributed by atoms with E-state index in [4.69, 9.17) is 9.47 Å². The van der Waals surface area contributed by atoms with Crippen molar-refractivity contribution < 1.29 is 9.47 Å². The molecule has 2 heteroatoms. The summed E-state index contributed by atoms with van der Waals surface area (Å²) in [6.07, 6.45) is 55.4. The molecule has 0 amide bonds. The second kappa shape index (κ2) is 151. The van der Waals surface area contributed by atoms with Gasteiger partial charge in [-0.3, -0.25) is 0 Å². The van der Waals surface area contributed by atoms with E-state index in [0.29, 0.717) is 0 Å². The van der Waals surface area contributed by atoms with Gasteiger partial charge in [-0.05, 0) is 27.7 Å². The Kier molecular flexibility index (Phi) is 213. The van der Waals surface area contributed by atoms with Crippen molar-refractivity contribution in [3.05, 3.63) is 0 Å². The summed E-state index contributed by atoms with van der Waals surface area (Å²) in [5, 5.41) is 0. The summed E-state index contributed by atoms with van der Waals surface area (Å²) in [5.74, 6) is 0. The normalized spacial score (nSPS) is 8.91. The van der Waals surface area contributed by atoms with Gasteiger partial charge in [-0.2, -0.15) is 0 Å². The zero-order valence-electron chi connectivity index (χ0n) is 55.9. The van der Waals surface area contributed by atoms with Gasteiger partial charge in [0.15, 0.2) is 0 Å². The molecule has 2 nitrogen and oxygen atoms in total. The Morgan fingerprint density at radius 1 is 0.114 bits per heavy atom. The lowest BCUT2D eigenvalue weighted by Crippen LogP contribution is -1.84. The topological polar surface area (TPSA) is 18.5 Å². The van der Waals surface area contributed by atoms with Gasteiger partial charge >= 0.3 is 0 Å². The zero-order chi connectivity index (χ0) is 56.5. The Hall–Kier alpha value is -0.0800. The molecule has 0 heterocycles. The molecule has 0 N–H and O–H groups in total. The quantitative estimate of drug-likeness (QED) is 0.0598. The van der Waals surface area contributed by atoms with Gasteiger partial charge < -0.3 is 9.47 Å². The van der Waals surface area contributed by atoms with E-state index in [1.165, 1.54) is 257 Å². The van der Waals surface area contributed by atoms with Crippen molar-refractivity contribution in [2.75, 3.05) is 26.4 Å². The number of unbranched alkanes of at least 4 members (excludes halogenated alkanes) is 30. The summed E-state index contributed by atoms with van der Waals surface area (Å²) in [7, 11) is 0. The van der Waals surface area contributed by atoms with Crippen LogP contribution in [0.4, 0.5) is 0 Å². The van der Waals surface area contributed by atoms with E-state index in [2.05, 4.69) is 138 Å². The molecule has 0 spiro atoms. The van der Waals surface area contributed by atoms with Crippen LogP contribution in [0.15, 0.2) is 0 Å². The number of rotatable bonds is 34.